The predicted molar refractivity (Wildman–Crippen MR) is 61.4 cm³/mol. The van der Waals surface area contributed by atoms with Gasteiger partial charge in [0.15, 0.2) is 0 Å². The van der Waals surface area contributed by atoms with E-state index in [0.717, 1.165) is 25.2 Å². The number of hydrogen-bond donors (Lipinski definition) is 1. The molecule has 2 N–H and O–H groups in total. The van der Waals surface area contributed by atoms with Crippen LogP contribution in [0.15, 0.2) is 36.1 Å². The molecule has 2 nitrogen and oxygen atoms in total. The van der Waals surface area contributed by atoms with Crippen molar-refractivity contribution in [3.05, 3.63) is 47.2 Å². The van der Waals surface area contributed by atoms with Crippen LogP contribution < -0.4 is 5.73 Å². The molecule has 2 heteroatoms. The van der Waals surface area contributed by atoms with Gasteiger partial charge in [-0.25, -0.2) is 0 Å². The first-order valence-electron chi connectivity index (χ1n) is 5.49. The Labute approximate surface area is 90.7 Å². The molecule has 0 spiro atoms. The van der Waals surface area contributed by atoms with E-state index >= 15 is 0 Å². The number of ether oxygens (including phenoxy) is 1. The van der Waals surface area contributed by atoms with Gasteiger partial charge in [0.05, 0.1) is 12.6 Å². The van der Waals surface area contributed by atoms with Gasteiger partial charge in [0.2, 0.25) is 0 Å². The van der Waals surface area contributed by atoms with Gasteiger partial charge in [-0.3, -0.25) is 0 Å². The van der Waals surface area contributed by atoms with Gasteiger partial charge in [-0.15, -0.1) is 0 Å². The molecule has 0 saturated carbocycles. The monoisotopic (exact) mass is 203 g/mol. The fourth-order valence-electron chi connectivity index (χ4n) is 1.97. The van der Waals surface area contributed by atoms with E-state index < -0.39 is 0 Å². The summed E-state index contributed by atoms with van der Waals surface area (Å²) in [5.41, 5.74) is 8.68. The molecular formula is C13H17NO. The maximum atomic E-state index is 6.18. The number of nitrogens with two attached hydrogens (primary N) is 1. The van der Waals surface area contributed by atoms with Crippen LogP contribution in [0.3, 0.4) is 0 Å². The van der Waals surface area contributed by atoms with Gasteiger partial charge in [0, 0.05) is 6.42 Å². The predicted octanol–water partition coefficient (Wildman–Crippen LogP) is 2.55. The molecule has 1 heterocycles. The zero-order valence-corrected chi connectivity index (χ0v) is 9.07. The third-order valence-electron chi connectivity index (χ3n) is 2.81. The quantitative estimate of drug-likeness (QED) is 0.819. The summed E-state index contributed by atoms with van der Waals surface area (Å²) in [7, 11) is 0. The van der Waals surface area contributed by atoms with Crippen LogP contribution in [0, 0.1) is 0 Å². The maximum absolute atomic E-state index is 6.18. The van der Waals surface area contributed by atoms with Crippen molar-refractivity contribution in [1.82, 2.24) is 0 Å². The van der Waals surface area contributed by atoms with Crippen LogP contribution in [-0.4, -0.2) is 6.61 Å². The first-order valence-corrected chi connectivity index (χ1v) is 5.49. The van der Waals surface area contributed by atoms with Crippen LogP contribution in [0.2, 0.25) is 0 Å². The number of aryl methyl sites for hydroxylation is 1. The van der Waals surface area contributed by atoms with Gasteiger partial charge in [0.25, 0.3) is 0 Å². The standard InChI is InChI=1S/C13H17NO/c1-2-10-6-3-4-7-11(10)13(14)12-8-5-9-15-12/h3-4,6-8,13H,2,5,9,14H2,1H3. The van der Waals surface area contributed by atoms with Crippen molar-refractivity contribution in [2.75, 3.05) is 6.61 Å². The summed E-state index contributed by atoms with van der Waals surface area (Å²) in [6.45, 7) is 2.92. The third kappa shape index (κ3) is 2.05. The first kappa shape index (κ1) is 10.2. The van der Waals surface area contributed by atoms with Gasteiger partial charge < -0.3 is 10.5 Å². The molecule has 0 saturated heterocycles. The molecule has 1 aromatic carbocycles. The maximum Gasteiger partial charge on any atom is 0.113 e. The Morgan fingerprint density at radius 3 is 2.87 bits per heavy atom. The number of hydrogen-bond acceptors (Lipinski definition) is 2. The average Bonchev–Trinajstić information content (AvgIpc) is 2.81. The molecule has 15 heavy (non-hydrogen) atoms. The third-order valence-corrected chi connectivity index (χ3v) is 2.81. The molecular weight excluding hydrogens is 186 g/mol. The molecule has 1 unspecified atom stereocenters. The summed E-state index contributed by atoms with van der Waals surface area (Å²) >= 11 is 0. The van der Waals surface area contributed by atoms with Crippen molar-refractivity contribution in [2.45, 2.75) is 25.8 Å². The molecule has 1 atom stereocenters. The molecule has 0 fully saturated rings. The van der Waals surface area contributed by atoms with Crippen LogP contribution in [0.4, 0.5) is 0 Å². The van der Waals surface area contributed by atoms with Crippen LogP contribution in [0.5, 0.6) is 0 Å². The van der Waals surface area contributed by atoms with Crippen molar-refractivity contribution in [1.29, 1.82) is 0 Å². The topological polar surface area (TPSA) is 35.2 Å². The largest absolute Gasteiger partial charge is 0.496 e. The Bertz CT molecular complexity index is 371. The van der Waals surface area contributed by atoms with Gasteiger partial charge in [0.1, 0.15) is 5.76 Å². The van der Waals surface area contributed by atoms with E-state index in [0.29, 0.717) is 0 Å². The van der Waals surface area contributed by atoms with Crippen LogP contribution >= 0.6 is 0 Å². The van der Waals surface area contributed by atoms with Crippen molar-refractivity contribution in [2.24, 2.45) is 5.73 Å². The van der Waals surface area contributed by atoms with Gasteiger partial charge in [-0.2, -0.15) is 0 Å². The lowest BCUT2D eigenvalue weighted by atomic mass is 9.98. The lowest BCUT2D eigenvalue weighted by molar-refractivity contribution is 0.225. The summed E-state index contributed by atoms with van der Waals surface area (Å²) in [5, 5.41) is 0. The average molecular weight is 203 g/mol. The minimum atomic E-state index is -0.0938. The SMILES string of the molecule is CCc1ccccc1C(N)C1=CCCO1. The second-order valence-electron chi connectivity index (χ2n) is 3.77. The molecule has 0 radical (unpaired) electrons. The Balaban J connectivity index is 2.27. The second-order valence-corrected chi connectivity index (χ2v) is 3.77. The first-order chi connectivity index (χ1) is 7.33. The van der Waals surface area contributed by atoms with E-state index in [1.807, 2.05) is 6.07 Å². The Kier molecular flexibility index (Phi) is 3.07. The van der Waals surface area contributed by atoms with E-state index in [1.165, 1.54) is 11.1 Å². The molecule has 1 aliphatic heterocycles. The van der Waals surface area contributed by atoms with Crippen LogP contribution in [0.25, 0.3) is 0 Å². The highest BCUT2D eigenvalue weighted by Crippen LogP contribution is 2.26. The van der Waals surface area contributed by atoms with Crippen LogP contribution in [-0.2, 0) is 11.2 Å². The van der Waals surface area contributed by atoms with Crippen molar-refractivity contribution >= 4 is 0 Å². The van der Waals surface area contributed by atoms with Gasteiger partial charge in [-0.1, -0.05) is 31.2 Å². The van der Waals surface area contributed by atoms with Crippen LogP contribution in [0.1, 0.15) is 30.5 Å². The van der Waals surface area contributed by atoms with Crippen molar-refractivity contribution in [3.63, 3.8) is 0 Å². The highest BCUT2D eigenvalue weighted by Gasteiger charge is 2.18. The van der Waals surface area contributed by atoms with Crippen molar-refractivity contribution < 1.29 is 4.74 Å². The summed E-state index contributed by atoms with van der Waals surface area (Å²) in [6.07, 6.45) is 4.09. The molecule has 1 aromatic rings. The lowest BCUT2D eigenvalue weighted by Crippen LogP contribution is -2.15. The minimum absolute atomic E-state index is 0.0938. The van der Waals surface area contributed by atoms with E-state index in [-0.39, 0.29) is 6.04 Å². The molecule has 0 aliphatic carbocycles. The minimum Gasteiger partial charge on any atom is -0.496 e. The van der Waals surface area contributed by atoms with E-state index in [4.69, 9.17) is 10.5 Å². The van der Waals surface area contributed by atoms with E-state index in [2.05, 4.69) is 31.2 Å². The zero-order valence-electron chi connectivity index (χ0n) is 9.07. The zero-order chi connectivity index (χ0) is 10.7. The van der Waals surface area contributed by atoms with Gasteiger partial charge >= 0.3 is 0 Å². The van der Waals surface area contributed by atoms with Crippen molar-refractivity contribution in [3.8, 4) is 0 Å². The molecule has 0 aromatic heterocycles. The Morgan fingerprint density at radius 1 is 1.40 bits per heavy atom. The van der Waals surface area contributed by atoms with E-state index in [1.54, 1.807) is 0 Å². The molecule has 2 rings (SSSR count). The Morgan fingerprint density at radius 2 is 2.20 bits per heavy atom. The summed E-state index contributed by atoms with van der Waals surface area (Å²) in [5.74, 6) is 0.927. The summed E-state index contributed by atoms with van der Waals surface area (Å²) in [4.78, 5) is 0. The molecule has 0 amide bonds. The molecule has 80 valence electrons. The Hall–Kier alpha value is -1.28. The van der Waals surface area contributed by atoms with Gasteiger partial charge in [-0.05, 0) is 23.6 Å². The van der Waals surface area contributed by atoms with E-state index in [9.17, 15) is 0 Å². The fraction of sp³-hybridized carbons (Fsp3) is 0.385. The number of rotatable bonds is 3. The highest BCUT2D eigenvalue weighted by molar-refractivity contribution is 5.34. The highest BCUT2D eigenvalue weighted by atomic mass is 16.5. The fourth-order valence-corrected chi connectivity index (χ4v) is 1.97. The summed E-state index contributed by atoms with van der Waals surface area (Å²) in [6, 6.07) is 8.21. The second kappa shape index (κ2) is 4.49. The molecule has 1 aliphatic rings. The smallest absolute Gasteiger partial charge is 0.113 e. The normalized spacial score (nSPS) is 17.1. The molecule has 0 bridgehead atoms. The lowest BCUT2D eigenvalue weighted by Gasteiger charge is -2.16. The summed E-state index contributed by atoms with van der Waals surface area (Å²) < 4.78 is 5.50. The number of benzene rings is 1.